The largest absolute Gasteiger partial charge is 0.299 e. The summed E-state index contributed by atoms with van der Waals surface area (Å²) in [6.07, 6.45) is 6.64. The Hall–Kier alpha value is -1.53. The SMILES string of the molecule is CC1(C)[C@@H]2C=C(N/N=C3\NC(=O)/C(=C/c4cccc(Br)c4)S3)[C@]1(C)CC2. The molecule has 3 aliphatic rings. The van der Waals surface area contributed by atoms with Gasteiger partial charge in [0.15, 0.2) is 5.17 Å². The Labute approximate surface area is 166 Å². The highest BCUT2D eigenvalue weighted by molar-refractivity contribution is 9.10. The van der Waals surface area contributed by atoms with Crippen molar-refractivity contribution in [1.82, 2.24) is 10.7 Å². The molecule has 0 unspecified atom stereocenters. The number of rotatable bonds is 3. The molecule has 0 spiro atoms. The fourth-order valence-corrected chi connectivity index (χ4v) is 5.39. The molecule has 1 aromatic carbocycles. The van der Waals surface area contributed by atoms with Gasteiger partial charge in [0.25, 0.3) is 5.91 Å². The Bertz CT molecular complexity index is 874. The lowest BCUT2D eigenvalue weighted by atomic mass is 9.69. The second-order valence-electron chi connectivity index (χ2n) is 7.93. The zero-order chi connectivity index (χ0) is 18.5. The summed E-state index contributed by atoms with van der Waals surface area (Å²) in [7, 11) is 0. The quantitative estimate of drug-likeness (QED) is 0.530. The minimum Gasteiger partial charge on any atom is -0.299 e. The molecule has 2 atom stereocenters. The maximum atomic E-state index is 12.2. The number of carbonyl (C=O) groups is 1. The topological polar surface area (TPSA) is 53.5 Å². The van der Waals surface area contributed by atoms with Crippen LogP contribution in [0.1, 0.15) is 39.2 Å². The third-order valence-electron chi connectivity index (χ3n) is 6.34. The van der Waals surface area contributed by atoms with Gasteiger partial charge in [-0.15, -0.1) is 5.10 Å². The molecule has 136 valence electrons. The van der Waals surface area contributed by atoms with Crippen LogP contribution in [0.2, 0.25) is 0 Å². The highest BCUT2D eigenvalue weighted by atomic mass is 79.9. The predicted molar refractivity (Wildman–Crippen MR) is 111 cm³/mol. The van der Waals surface area contributed by atoms with Gasteiger partial charge in [-0.2, -0.15) is 0 Å². The predicted octanol–water partition coefficient (Wildman–Crippen LogP) is 4.85. The fraction of sp³-hybridized carbons (Fsp3) is 0.400. The molecule has 0 aromatic heterocycles. The molecule has 1 amide bonds. The second kappa shape index (κ2) is 6.27. The number of nitrogens with zero attached hydrogens (tertiary/aromatic N) is 1. The van der Waals surface area contributed by atoms with Crippen LogP contribution in [0.4, 0.5) is 0 Å². The van der Waals surface area contributed by atoms with Gasteiger partial charge in [-0.05, 0) is 59.7 Å². The zero-order valence-corrected chi connectivity index (χ0v) is 17.5. The van der Waals surface area contributed by atoms with E-state index in [1.807, 2.05) is 30.3 Å². The molecule has 2 aliphatic carbocycles. The lowest BCUT2D eigenvalue weighted by molar-refractivity contribution is -0.115. The number of amidine groups is 1. The molecule has 1 saturated heterocycles. The molecule has 1 saturated carbocycles. The first kappa shape index (κ1) is 17.9. The Morgan fingerprint density at radius 2 is 2.19 bits per heavy atom. The summed E-state index contributed by atoms with van der Waals surface area (Å²) in [5.74, 6) is 0.497. The van der Waals surface area contributed by atoms with Gasteiger partial charge < -0.3 is 0 Å². The summed E-state index contributed by atoms with van der Waals surface area (Å²) in [6.45, 7) is 7.00. The van der Waals surface area contributed by atoms with Gasteiger partial charge in [-0.1, -0.05) is 54.9 Å². The molecule has 1 heterocycles. The summed E-state index contributed by atoms with van der Waals surface area (Å²) in [5.41, 5.74) is 5.80. The number of allylic oxidation sites excluding steroid dienone is 2. The van der Waals surface area contributed by atoms with E-state index >= 15 is 0 Å². The average Bonchev–Trinajstić information content (AvgIpc) is 3.10. The Morgan fingerprint density at radius 3 is 2.85 bits per heavy atom. The maximum absolute atomic E-state index is 12.2. The Kier molecular flexibility index (Phi) is 4.31. The average molecular weight is 432 g/mol. The van der Waals surface area contributed by atoms with Gasteiger partial charge in [-0.3, -0.25) is 15.5 Å². The van der Waals surface area contributed by atoms with Crippen molar-refractivity contribution in [2.24, 2.45) is 21.8 Å². The van der Waals surface area contributed by atoms with Crippen LogP contribution in [-0.2, 0) is 4.79 Å². The smallest absolute Gasteiger partial charge is 0.264 e. The van der Waals surface area contributed by atoms with Crippen molar-refractivity contribution in [2.45, 2.75) is 33.6 Å². The molecular formula is C20H22BrN3OS. The molecule has 1 aliphatic heterocycles. The first-order valence-corrected chi connectivity index (χ1v) is 10.4. The van der Waals surface area contributed by atoms with E-state index < -0.39 is 0 Å². The Balaban J connectivity index is 1.49. The monoisotopic (exact) mass is 431 g/mol. The third kappa shape index (κ3) is 2.83. The van der Waals surface area contributed by atoms with E-state index in [4.69, 9.17) is 0 Å². The summed E-state index contributed by atoms with van der Waals surface area (Å²) >= 11 is 4.82. The Morgan fingerprint density at radius 1 is 1.38 bits per heavy atom. The number of benzene rings is 1. The highest BCUT2D eigenvalue weighted by Crippen LogP contribution is 2.64. The molecule has 6 heteroatoms. The van der Waals surface area contributed by atoms with E-state index in [0.717, 1.165) is 10.0 Å². The number of thioether (sulfide) groups is 1. The van der Waals surface area contributed by atoms with E-state index in [1.54, 1.807) is 0 Å². The molecule has 4 nitrogen and oxygen atoms in total. The fourth-order valence-electron chi connectivity index (χ4n) is 4.19. The zero-order valence-electron chi connectivity index (χ0n) is 15.1. The summed E-state index contributed by atoms with van der Waals surface area (Å²) in [4.78, 5) is 12.9. The van der Waals surface area contributed by atoms with E-state index in [0.29, 0.717) is 16.0 Å². The number of amides is 1. The summed E-state index contributed by atoms with van der Waals surface area (Å²) in [5, 5.41) is 7.92. The second-order valence-corrected chi connectivity index (χ2v) is 9.87. The van der Waals surface area contributed by atoms with Crippen molar-refractivity contribution < 1.29 is 4.79 Å². The molecule has 0 radical (unpaired) electrons. The van der Waals surface area contributed by atoms with Crippen LogP contribution in [0.25, 0.3) is 6.08 Å². The molecule has 2 bridgehead atoms. The molecule has 2 N–H and O–H groups in total. The van der Waals surface area contributed by atoms with Gasteiger partial charge >= 0.3 is 0 Å². The summed E-state index contributed by atoms with van der Waals surface area (Å²) < 4.78 is 0.991. The van der Waals surface area contributed by atoms with Crippen molar-refractivity contribution in [3.8, 4) is 0 Å². The molecular weight excluding hydrogens is 410 g/mol. The summed E-state index contributed by atoms with van der Waals surface area (Å²) in [6, 6.07) is 7.87. The van der Waals surface area contributed by atoms with Gasteiger partial charge in [-0.25, -0.2) is 0 Å². The van der Waals surface area contributed by atoms with Crippen molar-refractivity contribution in [1.29, 1.82) is 0 Å². The van der Waals surface area contributed by atoms with Crippen LogP contribution in [0.15, 0.2) is 50.5 Å². The van der Waals surface area contributed by atoms with Gasteiger partial charge in [0.1, 0.15) is 0 Å². The lowest BCUT2D eigenvalue weighted by Gasteiger charge is -2.36. The molecule has 1 aromatic rings. The number of halogens is 1. The first-order valence-electron chi connectivity index (χ1n) is 8.82. The van der Waals surface area contributed by atoms with Crippen LogP contribution in [0.5, 0.6) is 0 Å². The van der Waals surface area contributed by atoms with Crippen molar-refractivity contribution >= 4 is 44.8 Å². The standard InChI is InChI=1S/C20H22BrN3OS/c1-19(2)13-7-8-20(19,3)16(11-13)23-24-18-22-17(25)15(26-18)10-12-5-4-6-14(21)9-12/h4-6,9-11,13,23H,7-8H2,1-3H3,(H,22,24,25)/b15-10-/t13-,20-/m0/s1. The van der Waals surface area contributed by atoms with Crippen LogP contribution in [-0.4, -0.2) is 11.1 Å². The van der Waals surface area contributed by atoms with Crippen LogP contribution in [0, 0.1) is 16.7 Å². The van der Waals surface area contributed by atoms with Gasteiger partial charge in [0, 0.05) is 15.6 Å². The van der Waals surface area contributed by atoms with E-state index in [9.17, 15) is 4.79 Å². The molecule has 4 rings (SSSR count). The van der Waals surface area contributed by atoms with E-state index in [1.165, 1.54) is 30.3 Å². The van der Waals surface area contributed by atoms with Crippen molar-refractivity contribution in [2.75, 3.05) is 0 Å². The normalized spacial score (nSPS) is 32.2. The highest BCUT2D eigenvalue weighted by Gasteiger charge is 2.57. The van der Waals surface area contributed by atoms with Crippen LogP contribution in [0.3, 0.4) is 0 Å². The number of fused-ring (bicyclic) bond motifs is 2. The van der Waals surface area contributed by atoms with Gasteiger partial charge in [0.2, 0.25) is 0 Å². The minimum atomic E-state index is -0.107. The van der Waals surface area contributed by atoms with Crippen LogP contribution >= 0.6 is 27.7 Å². The van der Waals surface area contributed by atoms with E-state index in [2.05, 4.69) is 58.6 Å². The number of carbonyl (C=O) groups excluding carboxylic acids is 1. The van der Waals surface area contributed by atoms with Crippen LogP contribution < -0.4 is 10.7 Å². The van der Waals surface area contributed by atoms with Gasteiger partial charge in [0.05, 0.1) is 4.91 Å². The maximum Gasteiger partial charge on any atom is 0.264 e. The first-order chi connectivity index (χ1) is 12.3. The number of hydrogen-bond acceptors (Lipinski definition) is 4. The number of nitrogens with one attached hydrogen (secondary N) is 2. The lowest BCUT2D eigenvalue weighted by Crippen LogP contribution is -2.34. The third-order valence-corrected chi connectivity index (χ3v) is 7.75. The van der Waals surface area contributed by atoms with E-state index in [-0.39, 0.29) is 16.7 Å². The molecule has 2 fully saturated rings. The van der Waals surface area contributed by atoms with Crippen molar-refractivity contribution in [3.63, 3.8) is 0 Å². The molecule has 26 heavy (non-hydrogen) atoms. The minimum absolute atomic E-state index is 0.107. The number of hydrogen-bond donors (Lipinski definition) is 2. The number of hydrazone groups is 1. The van der Waals surface area contributed by atoms with Crippen molar-refractivity contribution in [3.05, 3.63) is 51.0 Å².